The number of hydrogen-bond acceptors (Lipinski definition) is 1. The fourth-order valence-corrected chi connectivity index (χ4v) is 4.22. The van der Waals surface area contributed by atoms with Crippen molar-refractivity contribution in [1.82, 2.24) is 5.32 Å². The standard InChI is InChI=1S/C16H31N/c1-4-17-12-14-9-10-16(2,3)11-15(14)13-7-5-6-8-13/h13-15,17H,4-12H2,1-3H3. The number of nitrogens with one attached hydrogen (secondary N) is 1. The molecule has 2 fully saturated rings. The Morgan fingerprint density at radius 3 is 2.47 bits per heavy atom. The summed E-state index contributed by atoms with van der Waals surface area (Å²) < 4.78 is 0. The molecular weight excluding hydrogens is 206 g/mol. The van der Waals surface area contributed by atoms with E-state index in [1.54, 1.807) is 0 Å². The summed E-state index contributed by atoms with van der Waals surface area (Å²) in [5.41, 5.74) is 0.607. The summed E-state index contributed by atoms with van der Waals surface area (Å²) in [5.74, 6) is 3.03. The highest BCUT2D eigenvalue weighted by Crippen LogP contribution is 2.48. The molecule has 0 bridgehead atoms. The van der Waals surface area contributed by atoms with E-state index in [0.29, 0.717) is 5.41 Å². The monoisotopic (exact) mass is 237 g/mol. The average Bonchev–Trinajstić information content (AvgIpc) is 2.80. The third-order valence-corrected chi connectivity index (χ3v) is 5.25. The molecule has 0 saturated heterocycles. The maximum atomic E-state index is 3.60. The highest BCUT2D eigenvalue weighted by Gasteiger charge is 2.39. The van der Waals surface area contributed by atoms with E-state index in [1.165, 1.54) is 51.5 Å². The molecule has 0 amide bonds. The summed E-state index contributed by atoms with van der Waals surface area (Å²) in [7, 11) is 0. The normalized spacial score (nSPS) is 34.1. The van der Waals surface area contributed by atoms with Gasteiger partial charge in [-0.05, 0) is 55.5 Å². The topological polar surface area (TPSA) is 12.0 Å². The first-order valence-corrected chi connectivity index (χ1v) is 7.83. The highest BCUT2D eigenvalue weighted by atomic mass is 14.8. The second kappa shape index (κ2) is 5.73. The minimum Gasteiger partial charge on any atom is -0.317 e. The molecule has 0 aromatic rings. The van der Waals surface area contributed by atoms with Crippen LogP contribution in [0.15, 0.2) is 0 Å². The minimum atomic E-state index is 0.607. The summed E-state index contributed by atoms with van der Waals surface area (Å²) in [6.45, 7) is 9.61. The summed E-state index contributed by atoms with van der Waals surface area (Å²) in [4.78, 5) is 0. The lowest BCUT2D eigenvalue weighted by molar-refractivity contribution is 0.0750. The van der Waals surface area contributed by atoms with Crippen molar-refractivity contribution in [2.75, 3.05) is 13.1 Å². The van der Waals surface area contributed by atoms with Gasteiger partial charge in [-0.2, -0.15) is 0 Å². The Bertz CT molecular complexity index is 228. The Balaban J connectivity index is 1.98. The zero-order valence-corrected chi connectivity index (χ0v) is 12.1. The summed E-state index contributed by atoms with van der Waals surface area (Å²) in [5, 5.41) is 3.60. The van der Waals surface area contributed by atoms with Gasteiger partial charge >= 0.3 is 0 Å². The van der Waals surface area contributed by atoms with Crippen molar-refractivity contribution in [1.29, 1.82) is 0 Å². The Hall–Kier alpha value is -0.0400. The van der Waals surface area contributed by atoms with Crippen LogP contribution in [-0.2, 0) is 0 Å². The van der Waals surface area contributed by atoms with Gasteiger partial charge in [0.2, 0.25) is 0 Å². The van der Waals surface area contributed by atoms with Crippen LogP contribution in [0.1, 0.15) is 65.7 Å². The number of rotatable bonds is 4. The van der Waals surface area contributed by atoms with Crippen molar-refractivity contribution < 1.29 is 0 Å². The molecule has 2 saturated carbocycles. The average molecular weight is 237 g/mol. The predicted octanol–water partition coefficient (Wildman–Crippen LogP) is 4.23. The predicted molar refractivity (Wildman–Crippen MR) is 75.1 cm³/mol. The Kier molecular flexibility index (Phi) is 4.52. The van der Waals surface area contributed by atoms with Crippen LogP contribution in [0.2, 0.25) is 0 Å². The lowest BCUT2D eigenvalue weighted by Gasteiger charge is -2.43. The third-order valence-electron chi connectivity index (χ3n) is 5.25. The van der Waals surface area contributed by atoms with Gasteiger partial charge in [0.15, 0.2) is 0 Å². The Labute approximate surface area is 108 Å². The summed E-state index contributed by atoms with van der Waals surface area (Å²) >= 11 is 0. The molecule has 0 spiro atoms. The maximum Gasteiger partial charge on any atom is -0.00179 e. The molecule has 2 atom stereocenters. The fourth-order valence-electron chi connectivity index (χ4n) is 4.22. The van der Waals surface area contributed by atoms with Gasteiger partial charge in [0.1, 0.15) is 0 Å². The molecule has 2 aliphatic carbocycles. The largest absolute Gasteiger partial charge is 0.317 e. The first-order chi connectivity index (χ1) is 8.12. The molecule has 1 heteroatoms. The van der Waals surface area contributed by atoms with Crippen LogP contribution in [0.4, 0.5) is 0 Å². The van der Waals surface area contributed by atoms with Crippen LogP contribution in [0.5, 0.6) is 0 Å². The third kappa shape index (κ3) is 3.47. The fraction of sp³-hybridized carbons (Fsp3) is 1.00. The van der Waals surface area contributed by atoms with Gasteiger partial charge in [0.25, 0.3) is 0 Å². The van der Waals surface area contributed by atoms with Crippen molar-refractivity contribution >= 4 is 0 Å². The molecule has 0 heterocycles. The lowest BCUT2D eigenvalue weighted by atomic mass is 9.63. The molecule has 1 N–H and O–H groups in total. The van der Waals surface area contributed by atoms with Crippen molar-refractivity contribution in [3.05, 3.63) is 0 Å². The van der Waals surface area contributed by atoms with Gasteiger partial charge in [-0.3, -0.25) is 0 Å². The number of hydrogen-bond donors (Lipinski definition) is 1. The molecule has 2 aliphatic rings. The molecule has 2 rings (SSSR count). The van der Waals surface area contributed by atoms with E-state index in [9.17, 15) is 0 Å². The van der Waals surface area contributed by atoms with Crippen LogP contribution < -0.4 is 5.32 Å². The minimum absolute atomic E-state index is 0.607. The van der Waals surface area contributed by atoms with E-state index >= 15 is 0 Å². The van der Waals surface area contributed by atoms with E-state index < -0.39 is 0 Å². The lowest BCUT2D eigenvalue weighted by Crippen LogP contribution is -2.38. The van der Waals surface area contributed by atoms with E-state index in [4.69, 9.17) is 0 Å². The Morgan fingerprint density at radius 2 is 1.82 bits per heavy atom. The summed E-state index contributed by atoms with van der Waals surface area (Å²) in [6.07, 6.45) is 10.4. The van der Waals surface area contributed by atoms with Gasteiger partial charge in [0.05, 0.1) is 0 Å². The van der Waals surface area contributed by atoms with Crippen molar-refractivity contribution in [3.8, 4) is 0 Å². The van der Waals surface area contributed by atoms with Crippen molar-refractivity contribution in [2.24, 2.45) is 23.2 Å². The molecule has 2 unspecified atom stereocenters. The molecule has 17 heavy (non-hydrogen) atoms. The maximum absolute atomic E-state index is 3.60. The highest BCUT2D eigenvalue weighted by molar-refractivity contribution is 4.90. The quantitative estimate of drug-likeness (QED) is 0.771. The van der Waals surface area contributed by atoms with E-state index in [2.05, 4.69) is 26.1 Å². The van der Waals surface area contributed by atoms with Crippen molar-refractivity contribution in [2.45, 2.75) is 65.7 Å². The molecule has 0 aromatic heterocycles. The zero-order chi connectivity index (χ0) is 12.3. The van der Waals surface area contributed by atoms with Gasteiger partial charge in [0, 0.05) is 0 Å². The van der Waals surface area contributed by atoms with E-state index in [1.807, 2.05) is 0 Å². The zero-order valence-electron chi connectivity index (χ0n) is 12.1. The van der Waals surface area contributed by atoms with Crippen LogP contribution >= 0.6 is 0 Å². The molecule has 100 valence electrons. The first kappa shape index (κ1) is 13.4. The Morgan fingerprint density at radius 1 is 1.12 bits per heavy atom. The second-order valence-electron chi connectivity index (χ2n) is 7.18. The van der Waals surface area contributed by atoms with Crippen LogP contribution in [-0.4, -0.2) is 13.1 Å². The first-order valence-electron chi connectivity index (χ1n) is 7.83. The van der Waals surface area contributed by atoms with Gasteiger partial charge in [-0.1, -0.05) is 46.5 Å². The van der Waals surface area contributed by atoms with Crippen LogP contribution in [0, 0.1) is 23.2 Å². The molecule has 1 nitrogen and oxygen atoms in total. The molecule has 0 radical (unpaired) electrons. The summed E-state index contributed by atoms with van der Waals surface area (Å²) in [6, 6.07) is 0. The van der Waals surface area contributed by atoms with Gasteiger partial charge in [-0.25, -0.2) is 0 Å². The van der Waals surface area contributed by atoms with Crippen molar-refractivity contribution in [3.63, 3.8) is 0 Å². The van der Waals surface area contributed by atoms with E-state index in [-0.39, 0.29) is 0 Å². The molecular formula is C16H31N. The SMILES string of the molecule is CCNCC1CCC(C)(C)CC1C1CCCC1. The second-order valence-corrected chi connectivity index (χ2v) is 7.18. The van der Waals surface area contributed by atoms with Crippen LogP contribution in [0.25, 0.3) is 0 Å². The molecule has 0 aromatic carbocycles. The van der Waals surface area contributed by atoms with Crippen LogP contribution in [0.3, 0.4) is 0 Å². The smallest absolute Gasteiger partial charge is 0.00179 e. The van der Waals surface area contributed by atoms with Gasteiger partial charge < -0.3 is 5.32 Å². The van der Waals surface area contributed by atoms with Gasteiger partial charge in [-0.15, -0.1) is 0 Å². The van der Waals surface area contributed by atoms with E-state index in [0.717, 1.165) is 24.3 Å². The molecule has 0 aliphatic heterocycles.